The van der Waals surface area contributed by atoms with Gasteiger partial charge in [-0.25, -0.2) is 4.39 Å². The van der Waals surface area contributed by atoms with E-state index in [-0.39, 0.29) is 17.6 Å². The summed E-state index contributed by atoms with van der Waals surface area (Å²) < 4.78 is 13.1. The Hall–Kier alpha value is -2.89. The molecule has 27 heavy (non-hydrogen) atoms. The Labute approximate surface area is 158 Å². The quantitative estimate of drug-likeness (QED) is 0.820. The molecule has 1 fully saturated rings. The zero-order valence-electron chi connectivity index (χ0n) is 15.3. The van der Waals surface area contributed by atoms with E-state index in [1.165, 1.54) is 12.1 Å². The molecule has 4 rings (SSSR count). The molecule has 5 nitrogen and oxygen atoms in total. The van der Waals surface area contributed by atoms with Gasteiger partial charge in [-0.05, 0) is 54.4 Å². The van der Waals surface area contributed by atoms with E-state index in [9.17, 15) is 14.0 Å². The standard InChI is InChI=1S/C21H22FN3O2/c1-15(26)25-9-8-16-14-17(2-7-20(16)25)21(27)24-12-10-23(11-13-24)19-5-3-18(22)4-6-19/h2-7,14H,8-13H2,1H3. The van der Waals surface area contributed by atoms with Gasteiger partial charge in [0.2, 0.25) is 5.91 Å². The number of carbonyl (C=O) groups is 2. The van der Waals surface area contributed by atoms with Crippen molar-refractivity contribution in [1.29, 1.82) is 0 Å². The van der Waals surface area contributed by atoms with Gasteiger partial charge < -0.3 is 14.7 Å². The first-order valence-corrected chi connectivity index (χ1v) is 9.24. The summed E-state index contributed by atoms with van der Waals surface area (Å²) in [6.07, 6.45) is 0.786. The average molecular weight is 367 g/mol. The fourth-order valence-electron chi connectivity index (χ4n) is 3.86. The number of nitrogens with zero attached hydrogens (tertiary/aromatic N) is 3. The molecule has 2 aromatic rings. The van der Waals surface area contributed by atoms with Gasteiger partial charge in [-0.2, -0.15) is 0 Å². The van der Waals surface area contributed by atoms with Crippen LogP contribution in [0.25, 0.3) is 0 Å². The fraction of sp³-hybridized carbons (Fsp3) is 0.333. The Morgan fingerprint density at radius 2 is 1.63 bits per heavy atom. The molecule has 0 unspecified atom stereocenters. The van der Waals surface area contributed by atoms with Gasteiger partial charge >= 0.3 is 0 Å². The lowest BCUT2D eigenvalue weighted by molar-refractivity contribution is -0.116. The Balaban J connectivity index is 1.43. The summed E-state index contributed by atoms with van der Waals surface area (Å²) in [5.74, 6) is -0.185. The fourth-order valence-corrected chi connectivity index (χ4v) is 3.86. The minimum absolute atomic E-state index is 0.0258. The van der Waals surface area contributed by atoms with Crippen LogP contribution in [0.5, 0.6) is 0 Å². The second-order valence-electron chi connectivity index (χ2n) is 7.02. The molecule has 0 radical (unpaired) electrons. The van der Waals surface area contributed by atoms with Crippen LogP contribution in [0.4, 0.5) is 15.8 Å². The molecule has 0 spiro atoms. The lowest BCUT2D eigenvalue weighted by atomic mass is 10.1. The molecule has 2 aliphatic rings. The molecule has 0 atom stereocenters. The van der Waals surface area contributed by atoms with Gasteiger partial charge in [-0.15, -0.1) is 0 Å². The van der Waals surface area contributed by atoms with Crippen molar-refractivity contribution in [2.75, 3.05) is 42.5 Å². The summed E-state index contributed by atoms with van der Waals surface area (Å²) in [5.41, 5.74) is 3.63. The van der Waals surface area contributed by atoms with Crippen molar-refractivity contribution in [2.24, 2.45) is 0 Å². The number of benzene rings is 2. The number of fused-ring (bicyclic) bond motifs is 1. The highest BCUT2D eigenvalue weighted by Gasteiger charge is 2.26. The minimum Gasteiger partial charge on any atom is -0.368 e. The molecule has 0 aliphatic carbocycles. The molecule has 0 bridgehead atoms. The van der Waals surface area contributed by atoms with Crippen molar-refractivity contribution < 1.29 is 14.0 Å². The number of hydrogen-bond donors (Lipinski definition) is 0. The maximum absolute atomic E-state index is 13.1. The Morgan fingerprint density at radius 1 is 0.926 bits per heavy atom. The van der Waals surface area contributed by atoms with Crippen LogP contribution in [0, 0.1) is 5.82 Å². The third kappa shape index (κ3) is 3.39. The van der Waals surface area contributed by atoms with Gasteiger partial charge in [0, 0.05) is 56.6 Å². The van der Waals surface area contributed by atoms with Gasteiger partial charge in [-0.1, -0.05) is 0 Å². The van der Waals surface area contributed by atoms with Crippen LogP contribution in [0.15, 0.2) is 42.5 Å². The number of carbonyl (C=O) groups excluding carboxylic acids is 2. The summed E-state index contributed by atoms with van der Waals surface area (Å²) in [6.45, 7) is 4.95. The van der Waals surface area contributed by atoms with E-state index in [2.05, 4.69) is 4.90 Å². The molecule has 2 aliphatic heterocycles. The van der Waals surface area contributed by atoms with Crippen LogP contribution in [0.3, 0.4) is 0 Å². The summed E-state index contributed by atoms with van der Waals surface area (Å²) >= 11 is 0. The van der Waals surface area contributed by atoms with E-state index < -0.39 is 0 Å². The van der Waals surface area contributed by atoms with E-state index in [4.69, 9.17) is 0 Å². The van der Waals surface area contributed by atoms with E-state index in [1.807, 2.05) is 23.1 Å². The highest BCUT2D eigenvalue weighted by atomic mass is 19.1. The zero-order valence-corrected chi connectivity index (χ0v) is 15.3. The van der Waals surface area contributed by atoms with E-state index in [0.717, 1.165) is 36.4 Å². The molecule has 2 aromatic carbocycles. The topological polar surface area (TPSA) is 43.9 Å². The number of piperazine rings is 1. The molecule has 0 N–H and O–H groups in total. The number of halogens is 1. The second kappa shape index (κ2) is 7.02. The normalized spacial score (nSPS) is 16.4. The smallest absolute Gasteiger partial charge is 0.253 e. The predicted octanol–water partition coefficient (Wildman–Crippen LogP) is 2.70. The van der Waals surface area contributed by atoms with Crippen LogP contribution in [-0.4, -0.2) is 49.4 Å². The van der Waals surface area contributed by atoms with Gasteiger partial charge in [0.25, 0.3) is 5.91 Å². The van der Waals surface area contributed by atoms with E-state index in [0.29, 0.717) is 25.2 Å². The SMILES string of the molecule is CC(=O)N1CCc2cc(C(=O)N3CCN(c4ccc(F)cc4)CC3)ccc21. The molecule has 140 valence electrons. The minimum atomic E-state index is -0.243. The number of rotatable bonds is 2. The van der Waals surface area contributed by atoms with Crippen LogP contribution in [0.2, 0.25) is 0 Å². The number of anilines is 2. The van der Waals surface area contributed by atoms with Crippen molar-refractivity contribution in [3.8, 4) is 0 Å². The van der Waals surface area contributed by atoms with Gasteiger partial charge in [0.05, 0.1) is 0 Å². The van der Waals surface area contributed by atoms with Crippen LogP contribution in [-0.2, 0) is 11.2 Å². The van der Waals surface area contributed by atoms with Crippen molar-refractivity contribution in [3.05, 3.63) is 59.4 Å². The van der Waals surface area contributed by atoms with Crippen molar-refractivity contribution in [3.63, 3.8) is 0 Å². The second-order valence-corrected chi connectivity index (χ2v) is 7.02. The first-order chi connectivity index (χ1) is 13.0. The van der Waals surface area contributed by atoms with Crippen molar-refractivity contribution in [1.82, 2.24) is 4.90 Å². The molecule has 2 amide bonds. The number of amides is 2. The lowest BCUT2D eigenvalue weighted by Crippen LogP contribution is -2.48. The van der Waals surface area contributed by atoms with Crippen LogP contribution < -0.4 is 9.80 Å². The first-order valence-electron chi connectivity index (χ1n) is 9.24. The van der Waals surface area contributed by atoms with Crippen LogP contribution in [0.1, 0.15) is 22.8 Å². The molecule has 0 saturated carbocycles. The molecular formula is C21H22FN3O2. The summed E-state index contributed by atoms with van der Waals surface area (Å²) in [7, 11) is 0. The summed E-state index contributed by atoms with van der Waals surface area (Å²) in [4.78, 5) is 30.3. The molecular weight excluding hydrogens is 345 g/mol. The summed E-state index contributed by atoms with van der Waals surface area (Å²) in [6, 6.07) is 12.1. The maximum Gasteiger partial charge on any atom is 0.253 e. The lowest BCUT2D eigenvalue weighted by Gasteiger charge is -2.36. The zero-order chi connectivity index (χ0) is 19.0. The van der Waals surface area contributed by atoms with Crippen LogP contribution >= 0.6 is 0 Å². The largest absolute Gasteiger partial charge is 0.368 e. The molecule has 2 heterocycles. The Bertz CT molecular complexity index is 873. The first kappa shape index (κ1) is 17.5. The highest BCUT2D eigenvalue weighted by Crippen LogP contribution is 2.29. The van der Waals surface area contributed by atoms with Gasteiger partial charge in [-0.3, -0.25) is 9.59 Å². The average Bonchev–Trinajstić information content (AvgIpc) is 3.12. The molecule has 6 heteroatoms. The van der Waals surface area contributed by atoms with Gasteiger partial charge in [0.15, 0.2) is 0 Å². The van der Waals surface area contributed by atoms with Crippen molar-refractivity contribution >= 4 is 23.2 Å². The van der Waals surface area contributed by atoms with E-state index in [1.54, 1.807) is 24.0 Å². The molecule has 1 saturated heterocycles. The van der Waals surface area contributed by atoms with E-state index >= 15 is 0 Å². The predicted molar refractivity (Wildman–Crippen MR) is 103 cm³/mol. The van der Waals surface area contributed by atoms with Gasteiger partial charge in [0.1, 0.15) is 5.82 Å². The molecule has 0 aromatic heterocycles. The number of hydrogen-bond acceptors (Lipinski definition) is 3. The monoisotopic (exact) mass is 367 g/mol. The highest BCUT2D eigenvalue weighted by molar-refractivity contribution is 5.98. The Morgan fingerprint density at radius 3 is 2.30 bits per heavy atom. The maximum atomic E-state index is 13.1. The third-order valence-electron chi connectivity index (χ3n) is 5.36. The van der Waals surface area contributed by atoms with Crippen molar-refractivity contribution in [2.45, 2.75) is 13.3 Å². The summed E-state index contributed by atoms with van der Waals surface area (Å²) in [5, 5.41) is 0. The third-order valence-corrected chi connectivity index (χ3v) is 5.36. The Kier molecular flexibility index (Phi) is 4.56.